The summed E-state index contributed by atoms with van der Waals surface area (Å²) in [5.74, 6) is 0.333. The number of amides is 2. The molecule has 0 aliphatic carbocycles. The average Bonchev–Trinajstić information content (AvgIpc) is 3.19. The van der Waals surface area contributed by atoms with E-state index in [1.807, 2.05) is 43.3 Å². The fraction of sp³-hybridized carbons (Fsp3) is 0.333. The maximum atomic E-state index is 13.4. The van der Waals surface area contributed by atoms with Crippen molar-refractivity contribution in [3.8, 4) is 5.75 Å². The minimum atomic E-state index is -0.735. The molecule has 0 saturated carbocycles. The highest BCUT2D eigenvalue weighted by atomic mass is 16.5. The molecule has 1 atom stereocenters. The van der Waals surface area contributed by atoms with E-state index in [1.54, 1.807) is 22.1 Å². The Morgan fingerprint density at radius 2 is 1.90 bits per heavy atom. The van der Waals surface area contributed by atoms with Crippen LogP contribution in [0, 0.1) is 6.92 Å². The minimum absolute atomic E-state index is 0.0983. The molecule has 31 heavy (non-hydrogen) atoms. The van der Waals surface area contributed by atoms with E-state index in [1.165, 1.54) is 0 Å². The number of anilines is 1. The van der Waals surface area contributed by atoms with Gasteiger partial charge in [0.15, 0.2) is 6.10 Å². The van der Waals surface area contributed by atoms with E-state index in [2.05, 4.69) is 0 Å². The molecule has 1 aromatic heterocycles. The van der Waals surface area contributed by atoms with E-state index < -0.39 is 6.10 Å². The number of morpholine rings is 1. The van der Waals surface area contributed by atoms with E-state index in [4.69, 9.17) is 13.9 Å². The third-order valence-electron chi connectivity index (χ3n) is 5.83. The van der Waals surface area contributed by atoms with Crippen molar-refractivity contribution < 1.29 is 23.5 Å². The largest absolute Gasteiger partial charge is 0.476 e. The van der Waals surface area contributed by atoms with Gasteiger partial charge in [-0.1, -0.05) is 24.3 Å². The number of nitrogens with zero attached hydrogens (tertiary/aromatic N) is 2. The van der Waals surface area contributed by atoms with Crippen LogP contribution in [0.4, 0.5) is 5.69 Å². The predicted octanol–water partition coefficient (Wildman–Crippen LogP) is 2.94. The van der Waals surface area contributed by atoms with Crippen LogP contribution in [0.25, 0.3) is 11.0 Å². The van der Waals surface area contributed by atoms with Gasteiger partial charge in [0.25, 0.3) is 5.91 Å². The van der Waals surface area contributed by atoms with Gasteiger partial charge in [0, 0.05) is 24.0 Å². The molecule has 0 N–H and O–H groups in total. The maximum Gasteiger partial charge on any atom is 0.265 e. The van der Waals surface area contributed by atoms with Crippen molar-refractivity contribution in [3.63, 3.8) is 0 Å². The Kier molecular flexibility index (Phi) is 5.11. The summed E-state index contributed by atoms with van der Waals surface area (Å²) in [4.78, 5) is 29.8. The normalized spacial score (nSPS) is 18.5. The van der Waals surface area contributed by atoms with Gasteiger partial charge in [-0.05, 0) is 30.7 Å². The monoisotopic (exact) mass is 420 g/mol. The highest BCUT2D eigenvalue weighted by Crippen LogP contribution is 2.34. The zero-order chi connectivity index (χ0) is 21.4. The van der Waals surface area contributed by atoms with Gasteiger partial charge in [-0.25, -0.2) is 0 Å². The Morgan fingerprint density at radius 3 is 2.74 bits per heavy atom. The molecular weight excluding hydrogens is 396 g/mol. The van der Waals surface area contributed by atoms with Crippen LogP contribution in [0.2, 0.25) is 0 Å². The molecule has 1 saturated heterocycles. The second kappa shape index (κ2) is 8.07. The number of carbonyl (C=O) groups is 2. The molecule has 2 amide bonds. The van der Waals surface area contributed by atoms with Gasteiger partial charge >= 0.3 is 0 Å². The van der Waals surface area contributed by atoms with Crippen LogP contribution >= 0.6 is 0 Å². The summed E-state index contributed by atoms with van der Waals surface area (Å²) in [6, 6.07) is 13.3. The molecule has 3 aromatic rings. The molecule has 0 bridgehead atoms. The molecular formula is C24H24N2O5. The maximum absolute atomic E-state index is 13.4. The van der Waals surface area contributed by atoms with Crippen molar-refractivity contribution in [3.05, 3.63) is 59.9 Å². The molecule has 7 nitrogen and oxygen atoms in total. The van der Waals surface area contributed by atoms with Crippen molar-refractivity contribution in [2.24, 2.45) is 0 Å². The van der Waals surface area contributed by atoms with Gasteiger partial charge in [0.05, 0.1) is 38.1 Å². The summed E-state index contributed by atoms with van der Waals surface area (Å²) < 4.78 is 17.0. The number of fused-ring (bicyclic) bond motifs is 2. The van der Waals surface area contributed by atoms with Crippen molar-refractivity contribution in [1.29, 1.82) is 0 Å². The smallest absolute Gasteiger partial charge is 0.265 e. The second-order valence-electron chi connectivity index (χ2n) is 7.95. The van der Waals surface area contributed by atoms with E-state index >= 15 is 0 Å². The van der Waals surface area contributed by atoms with Crippen LogP contribution in [-0.2, 0) is 20.7 Å². The number of aryl methyl sites for hydroxylation is 1. The minimum Gasteiger partial charge on any atom is -0.476 e. The summed E-state index contributed by atoms with van der Waals surface area (Å²) in [6.07, 6.45) is 1.09. The Bertz CT molecular complexity index is 1130. The van der Waals surface area contributed by atoms with E-state index in [9.17, 15) is 9.59 Å². The van der Waals surface area contributed by atoms with Gasteiger partial charge in [-0.15, -0.1) is 0 Å². The zero-order valence-electron chi connectivity index (χ0n) is 17.4. The predicted molar refractivity (Wildman–Crippen MR) is 115 cm³/mol. The van der Waals surface area contributed by atoms with Gasteiger partial charge in [-0.3, -0.25) is 9.59 Å². The van der Waals surface area contributed by atoms with Crippen LogP contribution in [0.15, 0.2) is 53.1 Å². The van der Waals surface area contributed by atoms with Gasteiger partial charge in [0.2, 0.25) is 5.91 Å². The highest BCUT2D eigenvalue weighted by Gasteiger charge is 2.36. The number of hydrogen-bond acceptors (Lipinski definition) is 5. The fourth-order valence-electron chi connectivity index (χ4n) is 4.17. The van der Waals surface area contributed by atoms with Gasteiger partial charge in [0.1, 0.15) is 11.3 Å². The Balaban J connectivity index is 1.40. The molecule has 2 aliphatic rings. The molecule has 3 heterocycles. The lowest BCUT2D eigenvalue weighted by atomic mass is 10.1. The summed E-state index contributed by atoms with van der Waals surface area (Å²) in [7, 11) is 0. The van der Waals surface area contributed by atoms with Crippen LogP contribution in [0.1, 0.15) is 11.1 Å². The quantitative estimate of drug-likeness (QED) is 0.652. The third kappa shape index (κ3) is 3.77. The lowest BCUT2D eigenvalue weighted by Crippen LogP contribution is -2.54. The Morgan fingerprint density at radius 1 is 1.10 bits per heavy atom. The van der Waals surface area contributed by atoms with Crippen LogP contribution in [0.3, 0.4) is 0 Å². The van der Waals surface area contributed by atoms with E-state index in [0.717, 1.165) is 22.1 Å². The molecule has 1 fully saturated rings. The summed E-state index contributed by atoms with van der Waals surface area (Å²) in [6.45, 7) is 4.29. The van der Waals surface area contributed by atoms with Gasteiger partial charge in [-0.2, -0.15) is 0 Å². The number of benzene rings is 2. The first-order chi connectivity index (χ1) is 15.1. The molecule has 7 heteroatoms. The lowest BCUT2D eigenvalue weighted by Gasteiger charge is -2.37. The summed E-state index contributed by atoms with van der Waals surface area (Å²) in [5, 5.41) is 0.932. The first-order valence-corrected chi connectivity index (χ1v) is 10.5. The SMILES string of the molecule is Cc1ccc2c(CC(=O)N3C[C@H](C(=O)N4CCOCC4)Oc4ccccc43)coc2c1. The third-order valence-corrected chi connectivity index (χ3v) is 5.83. The fourth-order valence-corrected chi connectivity index (χ4v) is 4.17. The number of carbonyl (C=O) groups excluding carboxylic acids is 2. The standard InChI is InChI=1S/C24H24N2O5/c1-16-6-7-18-17(15-30-21(18)12-16)13-23(27)26-14-22(24(28)25-8-10-29-11-9-25)31-20-5-3-2-4-19(20)26/h2-7,12,15,22H,8-11,13-14H2,1H3/t22-/m1/s1. The summed E-state index contributed by atoms with van der Waals surface area (Å²) in [5.41, 5.74) is 3.39. The number of hydrogen-bond donors (Lipinski definition) is 0. The highest BCUT2D eigenvalue weighted by molar-refractivity contribution is 6.00. The molecule has 2 aliphatic heterocycles. The van der Waals surface area contributed by atoms with Crippen LogP contribution in [0.5, 0.6) is 5.75 Å². The van der Waals surface area contributed by atoms with Crippen LogP contribution < -0.4 is 9.64 Å². The van der Waals surface area contributed by atoms with Crippen molar-refractivity contribution >= 4 is 28.5 Å². The van der Waals surface area contributed by atoms with Gasteiger partial charge < -0.3 is 23.7 Å². The van der Waals surface area contributed by atoms with Crippen molar-refractivity contribution in [2.75, 3.05) is 37.7 Å². The summed E-state index contributed by atoms with van der Waals surface area (Å²) >= 11 is 0. The molecule has 0 spiro atoms. The number of ether oxygens (including phenoxy) is 2. The van der Waals surface area contributed by atoms with Crippen LogP contribution in [-0.4, -0.2) is 55.7 Å². The molecule has 0 unspecified atom stereocenters. The number of para-hydroxylation sites is 2. The molecule has 2 aromatic carbocycles. The first kappa shape index (κ1) is 19.6. The topological polar surface area (TPSA) is 72.2 Å². The number of rotatable bonds is 3. The second-order valence-corrected chi connectivity index (χ2v) is 7.95. The molecule has 5 rings (SSSR count). The van der Waals surface area contributed by atoms with Crippen molar-refractivity contribution in [2.45, 2.75) is 19.4 Å². The Labute approximate surface area is 180 Å². The Hall–Kier alpha value is -3.32. The van der Waals surface area contributed by atoms with E-state index in [0.29, 0.717) is 37.7 Å². The first-order valence-electron chi connectivity index (χ1n) is 10.5. The van der Waals surface area contributed by atoms with Crippen molar-refractivity contribution in [1.82, 2.24) is 4.90 Å². The average molecular weight is 420 g/mol. The zero-order valence-corrected chi connectivity index (χ0v) is 17.4. The number of furan rings is 1. The lowest BCUT2D eigenvalue weighted by molar-refractivity contribution is -0.142. The molecule has 160 valence electrons. The van der Waals surface area contributed by atoms with E-state index in [-0.39, 0.29) is 24.8 Å². The molecule has 0 radical (unpaired) electrons.